The maximum atomic E-state index is 12.3. The lowest BCUT2D eigenvalue weighted by atomic mass is 10.2. The van der Waals surface area contributed by atoms with E-state index in [4.69, 9.17) is 9.66 Å². The monoisotopic (exact) mass is 489 g/mol. The van der Waals surface area contributed by atoms with E-state index in [1.807, 2.05) is 0 Å². The fraction of sp³-hybridized carbons (Fsp3) is 0.182. The molecular weight excluding hydrogens is 468 g/mol. The summed E-state index contributed by atoms with van der Waals surface area (Å²) >= 11 is 0. The molecule has 1 unspecified atom stereocenters. The fourth-order valence-corrected chi connectivity index (χ4v) is 5.11. The van der Waals surface area contributed by atoms with E-state index in [9.17, 15) is 26.0 Å². The molecule has 0 spiro atoms. The third kappa shape index (κ3) is 5.89. The summed E-state index contributed by atoms with van der Waals surface area (Å²) in [5.74, 6) is -5.24. The number of halogens is 4. The summed E-state index contributed by atoms with van der Waals surface area (Å²) in [5.41, 5.74) is 0. The van der Waals surface area contributed by atoms with E-state index in [-0.39, 0.29) is 17.8 Å². The molecule has 10 heteroatoms. The molecule has 0 aromatic heterocycles. The molecule has 0 saturated heterocycles. The highest BCUT2D eigenvalue weighted by Gasteiger charge is 2.68. The van der Waals surface area contributed by atoms with Gasteiger partial charge in [0.2, 0.25) is 0 Å². The van der Waals surface area contributed by atoms with Crippen LogP contribution in [0.1, 0.15) is 6.92 Å². The van der Waals surface area contributed by atoms with Gasteiger partial charge in [0, 0.05) is 0 Å². The number of benzene rings is 3. The number of hydrogen-bond donors (Lipinski definition) is 2. The van der Waals surface area contributed by atoms with Gasteiger partial charge in [-0.3, -0.25) is 4.55 Å². The topological polar surface area (TPSA) is 74.6 Å². The van der Waals surface area contributed by atoms with E-state index in [0.717, 1.165) is 0 Å². The first-order chi connectivity index (χ1) is 14.9. The first kappa shape index (κ1) is 25.9. The molecule has 4 nitrogen and oxygen atoms in total. The van der Waals surface area contributed by atoms with E-state index < -0.39 is 27.4 Å². The van der Waals surface area contributed by atoms with Crippen molar-refractivity contribution < 1.29 is 35.6 Å². The van der Waals surface area contributed by atoms with Crippen LogP contribution in [-0.2, 0) is 21.0 Å². The van der Waals surface area contributed by atoms with Crippen LogP contribution in [0.3, 0.4) is 0 Å². The molecule has 0 radical (unpaired) electrons. The summed E-state index contributed by atoms with van der Waals surface area (Å²) in [6, 6.07) is 32.2. The summed E-state index contributed by atoms with van der Waals surface area (Å²) < 4.78 is 76.4. The van der Waals surface area contributed by atoms with E-state index in [0.29, 0.717) is 0 Å². The van der Waals surface area contributed by atoms with Crippen LogP contribution in [-0.4, -0.2) is 35.4 Å². The highest BCUT2D eigenvalue weighted by atomic mass is 32.2. The Bertz CT molecular complexity index is 985. The van der Waals surface area contributed by atoms with E-state index in [1.54, 1.807) is 0 Å². The Morgan fingerprint density at radius 1 is 0.719 bits per heavy atom. The van der Waals surface area contributed by atoms with E-state index in [2.05, 4.69) is 91.0 Å². The van der Waals surface area contributed by atoms with Gasteiger partial charge in [-0.1, -0.05) is 54.6 Å². The first-order valence-corrected chi connectivity index (χ1v) is 11.9. The normalized spacial score (nSPS) is 13.2. The Balaban J connectivity index is 0.000000247. The molecular formula is C22H21F4O4S2+. The minimum Gasteiger partial charge on any atom is -0.387 e. The van der Waals surface area contributed by atoms with Gasteiger partial charge in [0.1, 0.15) is 6.10 Å². The summed E-state index contributed by atoms with van der Waals surface area (Å²) in [5, 5.41) is 2.47. The van der Waals surface area contributed by atoms with Crippen LogP contribution in [0.4, 0.5) is 17.6 Å². The Morgan fingerprint density at radius 3 is 1.19 bits per heavy atom. The summed E-state index contributed by atoms with van der Waals surface area (Å²) in [4.78, 5) is 4.08. The van der Waals surface area contributed by atoms with Crippen LogP contribution in [0.5, 0.6) is 0 Å². The average molecular weight is 490 g/mol. The van der Waals surface area contributed by atoms with Crippen molar-refractivity contribution in [2.45, 2.75) is 38.9 Å². The van der Waals surface area contributed by atoms with Crippen molar-refractivity contribution >= 4 is 21.0 Å². The van der Waals surface area contributed by atoms with Crippen LogP contribution < -0.4 is 0 Å². The van der Waals surface area contributed by atoms with Crippen LogP contribution >= 0.6 is 0 Å². The van der Waals surface area contributed by atoms with Crippen LogP contribution in [0.25, 0.3) is 0 Å². The molecule has 3 rings (SSSR count). The zero-order valence-corrected chi connectivity index (χ0v) is 18.4. The second-order valence-corrected chi connectivity index (χ2v) is 10.0. The molecule has 32 heavy (non-hydrogen) atoms. The largest absolute Gasteiger partial charge is 0.434 e. The molecule has 3 aromatic rings. The van der Waals surface area contributed by atoms with Crippen molar-refractivity contribution in [2.75, 3.05) is 0 Å². The first-order valence-electron chi connectivity index (χ1n) is 9.19. The zero-order valence-electron chi connectivity index (χ0n) is 16.8. The van der Waals surface area contributed by atoms with Gasteiger partial charge < -0.3 is 5.11 Å². The molecule has 0 aliphatic heterocycles. The maximum absolute atomic E-state index is 12.3. The summed E-state index contributed by atoms with van der Waals surface area (Å²) in [7, 11) is -6.26. The summed E-state index contributed by atoms with van der Waals surface area (Å²) in [6.07, 6.45) is -2.90. The van der Waals surface area contributed by atoms with Crippen molar-refractivity contribution in [3.05, 3.63) is 91.0 Å². The van der Waals surface area contributed by atoms with E-state index in [1.165, 1.54) is 14.7 Å². The molecule has 0 amide bonds. The molecule has 3 aromatic carbocycles. The Labute approximate surface area is 186 Å². The Hall–Kier alpha value is -2.40. The molecule has 2 N–H and O–H groups in total. The average Bonchev–Trinajstić information content (AvgIpc) is 2.76. The van der Waals surface area contributed by atoms with Crippen molar-refractivity contribution in [1.82, 2.24) is 0 Å². The number of alkyl halides is 4. The summed E-state index contributed by atoms with van der Waals surface area (Å²) in [6.45, 7) is 0.277. The third-order valence-electron chi connectivity index (χ3n) is 4.17. The van der Waals surface area contributed by atoms with Gasteiger partial charge in [-0.25, -0.2) is 0 Å². The molecule has 0 aliphatic rings. The van der Waals surface area contributed by atoms with Crippen molar-refractivity contribution in [2.24, 2.45) is 0 Å². The minimum absolute atomic E-state index is 0.0146. The molecule has 0 fully saturated rings. The lowest BCUT2D eigenvalue weighted by molar-refractivity contribution is -0.210. The second kappa shape index (κ2) is 10.5. The van der Waals surface area contributed by atoms with Gasteiger partial charge in [0.05, 0.1) is 10.9 Å². The molecule has 0 saturated carbocycles. The van der Waals surface area contributed by atoms with Crippen molar-refractivity contribution in [3.8, 4) is 0 Å². The molecule has 0 aliphatic carbocycles. The number of aliphatic hydroxyl groups is 1. The van der Waals surface area contributed by atoms with Gasteiger partial charge in [0.25, 0.3) is 0 Å². The Kier molecular flexibility index (Phi) is 8.47. The van der Waals surface area contributed by atoms with Gasteiger partial charge in [0.15, 0.2) is 14.7 Å². The fourth-order valence-electron chi connectivity index (χ4n) is 2.49. The third-order valence-corrected chi connectivity index (χ3v) is 7.32. The van der Waals surface area contributed by atoms with Crippen molar-refractivity contribution in [1.29, 1.82) is 0 Å². The smallest absolute Gasteiger partial charge is 0.387 e. The van der Waals surface area contributed by atoms with Crippen LogP contribution in [0, 0.1) is 0 Å². The van der Waals surface area contributed by atoms with E-state index >= 15 is 0 Å². The van der Waals surface area contributed by atoms with Crippen LogP contribution in [0.2, 0.25) is 0 Å². The maximum Gasteiger partial charge on any atom is 0.434 e. The second-order valence-electron chi connectivity index (χ2n) is 6.54. The lowest BCUT2D eigenvalue weighted by Crippen LogP contribution is -2.52. The lowest BCUT2D eigenvalue weighted by Gasteiger charge is -2.25. The standard InChI is InChI=1S/C18H15S.C4H6F4O4S/c1-4-10-16(11-5-1)19(17-12-6-2-7-13-17)18-14-8-3-9-15-18;1-2(9)3(5,6)4(7,8)13(10,11)12/h1-15H;2,9H,1H3,(H,10,11,12)/q+1;. The van der Waals surface area contributed by atoms with Crippen molar-refractivity contribution in [3.63, 3.8) is 0 Å². The van der Waals surface area contributed by atoms with Gasteiger partial charge in [-0.15, -0.1) is 0 Å². The highest BCUT2D eigenvalue weighted by Crippen LogP contribution is 2.40. The predicted octanol–water partition coefficient (Wildman–Crippen LogP) is 5.27. The van der Waals surface area contributed by atoms with Gasteiger partial charge in [-0.2, -0.15) is 26.0 Å². The Morgan fingerprint density at radius 2 is 1.00 bits per heavy atom. The number of rotatable bonds is 6. The number of hydrogen-bond acceptors (Lipinski definition) is 3. The molecule has 0 bridgehead atoms. The molecule has 0 heterocycles. The molecule has 1 atom stereocenters. The van der Waals surface area contributed by atoms with Crippen LogP contribution in [0.15, 0.2) is 106 Å². The molecule has 172 valence electrons. The number of aliphatic hydroxyl groups excluding tert-OH is 1. The minimum atomic E-state index is -6.25. The quantitative estimate of drug-likeness (QED) is 0.281. The zero-order chi connectivity index (χ0) is 24.0. The van der Waals surface area contributed by atoms with Gasteiger partial charge in [-0.05, 0) is 43.3 Å². The predicted molar refractivity (Wildman–Crippen MR) is 115 cm³/mol. The SMILES string of the molecule is CC(O)C(F)(F)C(F)(F)S(=O)(=O)O.c1ccc([S+](c2ccccc2)c2ccccc2)cc1. The van der Waals surface area contributed by atoms with Gasteiger partial charge >= 0.3 is 21.3 Å². The highest BCUT2D eigenvalue weighted by molar-refractivity contribution is 7.97.